The van der Waals surface area contributed by atoms with Gasteiger partial charge in [-0.2, -0.15) is 0 Å². The number of nitrogens with two attached hydrogens (primary N) is 1. The molecule has 0 aliphatic heterocycles. The molecule has 1 heterocycles. The second-order valence-corrected chi connectivity index (χ2v) is 3.91. The Morgan fingerprint density at radius 1 is 1.39 bits per heavy atom. The minimum absolute atomic E-state index is 0.0358. The van der Waals surface area contributed by atoms with Crippen molar-refractivity contribution in [1.82, 2.24) is 10.3 Å². The Morgan fingerprint density at radius 2 is 2.22 bits per heavy atom. The molecule has 94 valence electrons. The Morgan fingerprint density at radius 3 is 3.00 bits per heavy atom. The minimum Gasteiger partial charge on any atom is -0.397 e. The van der Waals surface area contributed by atoms with E-state index in [2.05, 4.69) is 15.6 Å². The fourth-order valence-corrected chi connectivity index (χ4v) is 1.78. The zero-order valence-corrected chi connectivity index (χ0v) is 10.2. The second-order valence-electron chi connectivity index (χ2n) is 3.91. The van der Waals surface area contributed by atoms with Crippen molar-refractivity contribution < 1.29 is 4.79 Å². The number of rotatable bonds is 4. The van der Waals surface area contributed by atoms with Crippen LogP contribution >= 0.6 is 0 Å². The van der Waals surface area contributed by atoms with Gasteiger partial charge in [-0.3, -0.25) is 9.78 Å². The van der Waals surface area contributed by atoms with Crippen LogP contribution in [-0.2, 0) is 4.79 Å². The summed E-state index contributed by atoms with van der Waals surface area (Å²) >= 11 is 0. The number of pyridine rings is 1. The fraction of sp³-hybridized carbons (Fsp3) is 0.231. The van der Waals surface area contributed by atoms with Crippen LogP contribution in [0, 0.1) is 0 Å². The molecule has 0 radical (unpaired) electrons. The zero-order chi connectivity index (χ0) is 13.0. The molecule has 2 aromatic rings. The van der Waals surface area contributed by atoms with Gasteiger partial charge < -0.3 is 16.4 Å². The maximum Gasteiger partial charge on any atom is 0.239 e. The van der Waals surface area contributed by atoms with Crippen LogP contribution in [0.4, 0.5) is 11.4 Å². The molecule has 0 spiro atoms. The lowest BCUT2D eigenvalue weighted by atomic mass is 10.1. The highest BCUT2D eigenvalue weighted by Gasteiger charge is 2.05. The van der Waals surface area contributed by atoms with Gasteiger partial charge in [-0.25, -0.2) is 0 Å². The van der Waals surface area contributed by atoms with Crippen LogP contribution in [0.15, 0.2) is 30.5 Å². The summed E-state index contributed by atoms with van der Waals surface area (Å²) in [6.45, 7) is 2.76. The average molecular weight is 244 g/mol. The van der Waals surface area contributed by atoms with Crippen molar-refractivity contribution in [2.75, 3.05) is 24.1 Å². The van der Waals surface area contributed by atoms with Crippen molar-refractivity contribution >= 4 is 28.2 Å². The van der Waals surface area contributed by atoms with Crippen LogP contribution < -0.4 is 16.4 Å². The highest BCUT2D eigenvalue weighted by molar-refractivity contribution is 5.99. The first-order valence-corrected chi connectivity index (χ1v) is 5.86. The number of fused-ring (bicyclic) bond motifs is 1. The van der Waals surface area contributed by atoms with E-state index in [0.717, 1.165) is 16.6 Å². The number of likely N-dealkylation sites (N-methyl/N-ethyl adjacent to an activating group) is 1. The Kier molecular flexibility index (Phi) is 3.62. The monoisotopic (exact) mass is 244 g/mol. The van der Waals surface area contributed by atoms with Gasteiger partial charge >= 0.3 is 0 Å². The molecule has 18 heavy (non-hydrogen) atoms. The molecular formula is C13H16N4O. The molecule has 1 amide bonds. The van der Waals surface area contributed by atoms with Crippen molar-refractivity contribution in [3.63, 3.8) is 0 Å². The first kappa shape index (κ1) is 12.2. The van der Waals surface area contributed by atoms with E-state index < -0.39 is 0 Å². The predicted octanol–water partition coefficient (Wildman–Crippen LogP) is 1.36. The molecule has 1 aromatic carbocycles. The van der Waals surface area contributed by atoms with Crippen LogP contribution in [0.3, 0.4) is 0 Å². The lowest BCUT2D eigenvalue weighted by Crippen LogP contribution is -2.29. The van der Waals surface area contributed by atoms with E-state index in [1.165, 1.54) is 0 Å². The smallest absolute Gasteiger partial charge is 0.239 e. The summed E-state index contributed by atoms with van der Waals surface area (Å²) < 4.78 is 0. The highest BCUT2D eigenvalue weighted by atomic mass is 16.1. The lowest BCUT2D eigenvalue weighted by Gasteiger charge is -2.10. The number of benzene rings is 1. The van der Waals surface area contributed by atoms with Crippen molar-refractivity contribution in [3.8, 4) is 0 Å². The van der Waals surface area contributed by atoms with Crippen LogP contribution in [-0.4, -0.2) is 24.0 Å². The molecule has 0 unspecified atom stereocenters. The van der Waals surface area contributed by atoms with Crippen LogP contribution in [0.25, 0.3) is 10.9 Å². The van der Waals surface area contributed by atoms with E-state index >= 15 is 0 Å². The van der Waals surface area contributed by atoms with Crippen molar-refractivity contribution in [2.24, 2.45) is 0 Å². The molecule has 0 fully saturated rings. The summed E-state index contributed by atoms with van der Waals surface area (Å²) in [6, 6.07) is 7.42. The molecule has 0 aliphatic rings. The molecule has 2 rings (SSSR count). The number of carbonyl (C=O) groups is 1. The molecule has 0 saturated carbocycles. The largest absolute Gasteiger partial charge is 0.397 e. The fourth-order valence-electron chi connectivity index (χ4n) is 1.78. The Hall–Kier alpha value is -2.30. The number of anilines is 2. The van der Waals surface area contributed by atoms with Crippen LogP contribution in [0.2, 0.25) is 0 Å². The Balaban J connectivity index is 2.24. The average Bonchev–Trinajstić information content (AvgIpc) is 2.39. The molecule has 5 nitrogen and oxygen atoms in total. The summed E-state index contributed by atoms with van der Waals surface area (Å²) in [7, 11) is 0. The third-order valence-electron chi connectivity index (χ3n) is 2.61. The van der Waals surface area contributed by atoms with E-state index in [-0.39, 0.29) is 12.5 Å². The number of nitrogen functional groups attached to an aromatic ring is 1. The standard InChI is InChI=1S/C13H16N4O/c1-2-15-12(18)8-17-11-6-5-10(14)13-9(11)4-3-7-16-13/h3-7,17H,2,8,14H2,1H3,(H,15,18). The third-order valence-corrected chi connectivity index (χ3v) is 2.61. The van der Waals surface area contributed by atoms with Gasteiger partial charge in [0, 0.05) is 23.8 Å². The summed E-state index contributed by atoms with van der Waals surface area (Å²) in [5, 5.41) is 6.74. The van der Waals surface area contributed by atoms with Crippen molar-refractivity contribution in [1.29, 1.82) is 0 Å². The van der Waals surface area contributed by atoms with Crippen molar-refractivity contribution in [2.45, 2.75) is 6.92 Å². The van der Waals surface area contributed by atoms with Gasteiger partial charge in [0.25, 0.3) is 0 Å². The van der Waals surface area contributed by atoms with Gasteiger partial charge in [0.15, 0.2) is 0 Å². The second kappa shape index (κ2) is 5.35. The number of aromatic nitrogens is 1. The third kappa shape index (κ3) is 2.51. The van der Waals surface area contributed by atoms with Gasteiger partial charge in [-0.1, -0.05) is 0 Å². The lowest BCUT2D eigenvalue weighted by molar-refractivity contribution is -0.119. The highest BCUT2D eigenvalue weighted by Crippen LogP contribution is 2.25. The van der Waals surface area contributed by atoms with Crippen LogP contribution in [0.5, 0.6) is 0 Å². The first-order valence-electron chi connectivity index (χ1n) is 5.86. The van der Waals surface area contributed by atoms with Gasteiger partial charge in [-0.05, 0) is 31.2 Å². The van der Waals surface area contributed by atoms with E-state index in [0.29, 0.717) is 12.2 Å². The van der Waals surface area contributed by atoms with E-state index in [1.807, 2.05) is 25.1 Å². The molecule has 0 saturated heterocycles. The number of hydrogen-bond acceptors (Lipinski definition) is 4. The van der Waals surface area contributed by atoms with E-state index in [9.17, 15) is 4.79 Å². The van der Waals surface area contributed by atoms with Gasteiger partial charge in [0.1, 0.15) is 0 Å². The minimum atomic E-state index is -0.0358. The first-order chi connectivity index (χ1) is 8.72. The van der Waals surface area contributed by atoms with Crippen molar-refractivity contribution in [3.05, 3.63) is 30.5 Å². The van der Waals surface area contributed by atoms with Gasteiger partial charge in [0.05, 0.1) is 17.7 Å². The van der Waals surface area contributed by atoms with E-state index in [4.69, 9.17) is 5.73 Å². The quantitative estimate of drug-likeness (QED) is 0.709. The molecule has 1 aromatic heterocycles. The predicted molar refractivity (Wildman–Crippen MR) is 73.3 cm³/mol. The summed E-state index contributed by atoms with van der Waals surface area (Å²) in [5.41, 5.74) is 8.10. The zero-order valence-electron chi connectivity index (χ0n) is 10.2. The van der Waals surface area contributed by atoms with E-state index in [1.54, 1.807) is 12.3 Å². The summed E-state index contributed by atoms with van der Waals surface area (Å²) in [5.74, 6) is -0.0358. The van der Waals surface area contributed by atoms with Crippen LogP contribution in [0.1, 0.15) is 6.92 Å². The molecule has 0 aliphatic carbocycles. The summed E-state index contributed by atoms with van der Waals surface area (Å²) in [6.07, 6.45) is 1.70. The summed E-state index contributed by atoms with van der Waals surface area (Å²) in [4.78, 5) is 15.6. The number of hydrogen-bond donors (Lipinski definition) is 3. The molecule has 5 heteroatoms. The Bertz CT molecular complexity index is 568. The SMILES string of the molecule is CCNC(=O)CNc1ccc(N)c2ncccc12. The molecule has 4 N–H and O–H groups in total. The number of carbonyl (C=O) groups excluding carboxylic acids is 1. The molecule has 0 atom stereocenters. The maximum atomic E-state index is 11.4. The van der Waals surface area contributed by atoms with Gasteiger partial charge in [0.2, 0.25) is 5.91 Å². The molecular weight excluding hydrogens is 228 g/mol. The normalized spacial score (nSPS) is 10.3. The topological polar surface area (TPSA) is 80.0 Å². The Labute approximate surface area is 105 Å². The number of nitrogens with one attached hydrogen (secondary N) is 2. The molecule has 0 bridgehead atoms. The maximum absolute atomic E-state index is 11.4. The van der Waals surface area contributed by atoms with Gasteiger partial charge in [-0.15, -0.1) is 0 Å². The number of amides is 1. The number of nitrogens with zero attached hydrogens (tertiary/aromatic N) is 1.